The second-order valence-corrected chi connectivity index (χ2v) is 6.01. The van der Waals surface area contributed by atoms with Gasteiger partial charge in [0.1, 0.15) is 5.84 Å². The molecule has 0 aromatic rings. The van der Waals surface area contributed by atoms with Gasteiger partial charge in [-0.15, -0.1) is 11.8 Å². The van der Waals surface area contributed by atoms with Crippen LogP contribution >= 0.6 is 11.8 Å². The Labute approximate surface area is 132 Å². The Morgan fingerprint density at radius 1 is 1.52 bits per heavy atom. The normalized spacial score (nSPS) is 16.8. The fourth-order valence-electron chi connectivity index (χ4n) is 2.35. The summed E-state index contributed by atoms with van der Waals surface area (Å²) in [5.74, 6) is 1.28. The Balaban J connectivity index is 2.88. The topological polar surface area (TPSA) is 58.7 Å². The molecule has 0 bridgehead atoms. The van der Waals surface area contributed by atoms with Crippen molar-refractivity contribution >= 4 is 24.0 Å². The summed E-state index contributed by atoms with van der Waals surface area (Å²) in [5, 5.41) is 0. The summed E-state index contributed by atoms with van der Waals surface area (Å²) in [4.78, 5) is 18.3. The molecular formula is C16H27N3OS. The van der Waals surface area contributed by atoms with E-state index >= 15 is 0 Å². The van der Waals surface area contributed by atoms with Crippen molar-refractivity contribution in [1.82, 2.24) is 4.90 Å². The van der Waals surface area contributed by atoms with Gasteiger partial charge in [0.25, 0.3) is 0 Å². The van der Waals surface area contributed by atoms with Crippen LogP contribution in [0.5, 0.6) is 0 Å². The van der Waals surface area contributed by atoms with Crippen LogP contribution in [-0.2, 0) is 4.79 Å². The summed E-state index contributed by atoms with van der Waals surface area (Å²) in [5.41, 5.74) is 5.64. The third-order valence-electron chi connectivity index (χ3n) is 3.54. The lowest BCUT2D eigenvalue weighted by Crippen LogP contribution is -2.32. The van der Waals surface area contributed by atoms with Crippen LogP contribution in [-0.4, -0.2) is 36.5 Å². The van der Waals surface area contributed by atoms with Crippen LogP contribution in [0.4, 0.5) is 0 Å². The van der Waals surface area contributed by atoms with Gasteiger partial charge in [-0.05, 0) is 44.1 Å². The molecule has 0 spiro atoms. The lowest BCUT2D eigenvalue weighted by atomic mass is 9.96. The summed E-state index contributed by atoms with van der Waals surface area (Å²) in [7, 11) is 0. The lowest BCUT2D eigenvalue weighted by Gasteiger charge is -2.23. The summed E-state index contributed by atoms with van der Waals surface area (Å²) >= 11 is 1.66. The van der Waals surface area contributed by atoms with E-state index in [1.807, 2.05) is 12.3 Å². The molecular weight excluding hydrogens is 282 g/mol. The smallest absolute Gasteiger partial charge is 0.215 e. The molecule has 2 N–H and O–H groups in total. The molecule has 0 aromatic carbocycles. The molecule has 4 nitrogen and oxygen atoms in total. The van der Waals surface area contributed by atoms with E-state index in [0.717, 1.165) is 36.5 Å². The van der Waals surface area contributed by atoms with Gasteiger partial charge in [-0.3, -0.25) is 9.69 Å². The van der Waals surface area contributed by atoms with Crippen molar-refractivity contribution in [2.24, 2.45) is 16.6 Å². The van der Waals surface area contributed by atoms with Crippen molar-refractivity contribution < 1.29 is 4.79 Å². The number of rotatable bonds is 10. The predicted octanol–water partition coefficient (Wildman–Crippen LogP) is 3.16. The maximum absolute atomic E-state index is 11.2. The molecule has 1 amide bonds. The summed E-state index contributed by atoms with van der Waals surface area (Å²) in [6.45, 7) is 3.54. The van der Waals surface area contributed by atoms with Crippen LogP contribution in [0.25, 0.3) is 0 Å². The third kappa shape index (κ3) is 6.06. The largest absolute Gasteiger partial charge is 0.330 e. The van der Waals surface area contributed by atoms with Crippen LogP contribution < -0.4 is 5.73 Å². The van der Waals surface area contributed by atoms with Crippen LogP contribution in [0.3, 0.4) is 0 Å². The first-order valence-electron chi connectivity index (χ1n) is 7.67. The van der Waals surface area contributed by atoms with E-state index in [1.54, 1.807) is 22.9 Å². The van der Waals surface area contributed by atoms with Gasteiger partial charge in [-0.1, -0.05) is 25.8 Å². The van der Waals surface area contributed by atoms with E-state index in [4.69, 9.17) is 5.73 Å². The number of allylic oxidation sites excluding steroid dienone is 1. The quantitative estimate of drug-likeness (QED) is 0.631. The van der Waals surface area contributed by atoms with E-state index in [-0.39, 0.29) is 0 Å². The predicted molar refractivity (Wildman–Crippen MR) is 92.2 cm³/mol. The van der Waals surface area contributed by atoms with Gasteiger partial charge in [-0.25, -0.2) is 4.99 Å². The van der Waals surface area contributed by atoms with Crippen molar-refractivity contribution in [3.05, 3.63) is 23.3 Å². The third-order valence-corrected chi connectivity index (χ3v) is 4.30. The number of hydrogen-bond acceptors (Lipinski definition) is 4. The van der Waals surface area contributed by atoms with Gasteiger partial charge in [0.05, 0.1) is 0 Å². The molecule has 21 heavy (non-hydrogen) atoms. The highest BCUT2D eigenvalue weighted by Gasteiger charge is 2.17. The molecule has 0 fully saturated rings. The Hall–Kier alpha value is -1.07. The molecule has 1 atom stereocenters. The zero-order valence-electron chi connectivity index (χ0n) is 13.1. The Morgan fingerprint density at radius 2 is 2.29 bits per heavy atom. The van der Waals surface area contributed by atoms with Crippen molar-refractivity contribution in [2.75, 3.05) is 19.3 Å². The standard InChI is InChI=1S/C16H27N3OS/c1-3-4-7-14(8-5-9-17)12-15(21-2)16-18-10-6-11-19(16)13-20/h6,10,12-14H,3-5,7-9,11,17H2,1-2H3/b15-12-. The highest BCUT2D eigenvalue weighted by Crippen LogP contribution is 2.25. The van der Waals surface area contributed by atoms with Crippen molar-refractivity contribution in [1.29, 1.82) is 0 Å². The van der Waals surface area contributed by atoms with Gasteiger partial charge in [0.15, 0.2) is 0 Å². The number of hydrogen-bond donors (Lipinski definition) is 1. The first-order valence-corrected chi connectivity index (χ1v) is 8.90. The average molecular weight is 309 g/mol. The molecule has 5 heteroatoms. The maximum atomic E-state index is 11.2. The number of amides is 1. The molecule has 0 radical (unpaired) electrons. The number of aliphatic imine (C=N–C) groups is 1. The van der Waals surface area contributed by atoms with E-state index in [2.05, 4.69) is 18.0 Å². The fourth-order valence-corrected chi connectivity index (χ4v) is 3.03. The van der Waals surface area contributed by atoms with E-state index < -0.39 is 0 Å². The van der Waals surface area contributed by atoms with Crippen LogP contribution in [0.2, 0.25) is 0 Å². The number of nitrogens with two attached hydrogens (primary N) is 1. The van der Waals surface area contributed by atoms with E-state index in [0.29, 0.717) is 12.5 Å². The minimum atomic E-state index is 0.512. The number of thioether (sulfide) groups is 1. The minimum absolute atomic E-state index is 0.512. The van der Waals surface area contributed by atoms with E-state index in [1.165, 1.54) is 19.3 Å². The highest BCUT2D eigenvalue weighted by atomic mass is 32.2. The first kappa shape index (κ1) is 18.0. The second kappa shape index (κ2) is 10.6. The van der Waals surface area contributed by atoms with Gasteiger partial charge in [0.2, 0.25) is 6.41 Å². The van der Waals surface area contributed by atoms with Crippen LogP contribution in [0.15, 0.2) is 28.2 Å². The SMILES string of the molecule is CCCCC(/C=C(\SC)C1=NC=CCN1C=O)CCCN. The molecule has 1 aliphatic rings. The highest BCUT2D eigenvalue weighted by molar-refractivity contribution is 8.03. The first-order chi connectivity index (χ1) is 10.3. The Bertz CT molecular complexity index is 396. The van der Waals surface area contributed by atoms with Gasteiger partial charge in [-0.2, -0.15) is 0 Å². The molecule has 1 heterocycles. The fraction of sp³-hybridized carbons (Fsp3) is 0.625. The molecule has 1 rings (SSSR count). The van der Waals surface area contributed by atoms with Gasteiger partial charge >= 0.3 is 0 Å². The van der Waals surface area contributed by atoms with E-state index in [9.17, 15) is 4.79 Å². The summed E-state index contributed by atoms with van der Waals surface area (Å²) in [6, 6.07) is 0. The number of nitrogens with zero attached hydrogens (tertiary/aromatic N) is 2. The molecule has 0 saturated heterocycles. The Morgan fingerprint density at radius 3 is 2.90 bits per heavy atom. The number of carbonyl (C=O) groups is 1. The molecule has 1 unspecified atom stereocenters. The van der Waals surface area contributed by atoms with Crippen molar-refractivity contribution in [3.63, 3.8) is 0 Å². The molecule has 0 saturated carbocycles. The monoisotopic (exact) mass is 309 g/mol. The summed E-state index contributed by atoms with van der Waals surface area (Å²) in [6.07, 6.45) is 14.6. The molecule has 1 aliphatic heterocycles. The Kier molecular flexibility index (Phi) is 9.10. The number of carbonyl (C=O) groups excluding carboxylic acids is 1. The maximum Gasteiger partial charge on any atom is 0.215 e. The van der Waals surface area contributed by atoms with Gasteiger partial charge < -0.3 is 5.73 Å². The zero-order chi connectivity index (χ0) is 15.5. The van der Waals surface area contributed by atoms with Crippen LogP contribution in [0, 0.1) is 5.92 Å². The number of amidine groups is 1. The molecule has 0 aromatic heterocycles. The lowest BCUT2D eigenvalue weighted by molar-refractivity contribution is -0.114. The molecule has 0 aliphatic carbocycles. The van der Waals surface area contributed by atoms with Crippen molar-refractivity contribution in [2.45, 2.75) is 39.0 Å². The number of unbranched alkanes of at least 4 members (excludes halogenated alkanes) is 1. The summed E-state index contributed by atoms with van der Waals surface area (Å²) < 4.78 is 0. The van der Waals surface area contributed by atoms with Gasteiger partial charge in [0, 0.05) is 17.6 Å². The second-order valence-electron chi connectivity index (χ2n) is 5.16. The van der Waals surface area contributed by atoms with Crippen LogP contribution in [0.1, 0.15) is 39.0 Å². The average Bonchev–Trinajstić information content (AvgIpc) is 2.54. The van der Waals surface area contributed by atoms with Crippen molar-refractivity contribution in [3.8, 4) is 0 Å². The minimum Gasteiger partial charge on any atom is -0.330 e. The molecule has 118 valence electrons. The zero-order valence-corrected chi connectivity index (χ0v) is 13.9.